The van der Waals surface area contributed by atoms with E-state index in [-0.39, 0.29) is 28.9 Å². The van der Waals surface area contributed by atoms with Crippen molar-refractivity contribution in [2.75, 3.05) is 6.54 Å². The fraction of sp³-hybridized carbons (Fsp3) is 0.471. The minimum Gasteiger partial charge on any atom is -0.352 e. The van der Waals surface area contributed by atoms with E-state index in [0.29, 0.717) is 6.54 Å². The minimum atomic E-state index is -0.341. The highest BCUT2D eigenvalue weighted by Crippen LogP contribution is 2.09. The lowest BCUT2D eigenvalue weighted by Crippen LogP contribution is -2.33. The first kappa shape index (κ1) is 17.0. The molecular formula is C17H24N4O2. The van der Waals surface area contributed by atoms with Crippen molar-refractivity contribution in [2.45, 2.75) is 40.2 Å². The van der Waals surface area contributed by atoms with E-state index in [9.17, 15) is 9.59 Å². The zero-order valence-corrected chi connectivity index (χ0v) is 14.1. The second-order valence-corrected chi connectivity index (χ2v) is 6.25. The van der Waals surface area contributed by atoms with Gasteiger partial charge in [0.2, 0.25) is 0 Å². The summed E-state index contributed by atoms with van der Waals surface area (Å²) in [5.41, 5.74) is 0.641. The summed E-state index contributed by atoms with van der Waals surface area (Å²) >= 11 is 0. The Kier molecular flexibility index (Phi) is 5.36. The number of nitrogens with one attached hydrogen (secondary N) is 2. The Morgan fingerprint density at radius 2 is 2.09 bits per heavy atom. The van der Waals surface area contributed by atoms with Crippen LogP contribution in [-0.2, 0) is 6.54 Å². The molecule has 0 saturated carbocycles. The Bertz CT molecular complexity index is 730. The monoisotopic (exact) mass is 316 g/mol. The average Bonchev–Trinajstić information content (AvgIpc) is 2.89. The van der Waals surface area contributed by atoms with Gasteiger partial charge in [-0.15, -0.1) is 0 Å². The third kappa shape index (κ3) is 4.31. The molecule has 2 aromatic heterocycles. The molecule has 0 fully saturated rings. The van der Waals surface area contributed by atoms with Crippen molar-refractivity contribution in [2.24, 2.45) is 5.92 Å². The highest BCUT2D eigenvalue weighted by molar-refractivity contribution is 5.93. The predicted molar refractivity (Wildman–Crippen MR) is 89.6 cm³/mol. The molecule has 0 saturated heterocycles. The fourth-order valence-corrected chi connectivity index (χ4v) is 2.36. The van der Waals surface area contributed by atoms with Crippen molar-refractivity contribution < 1.29 is 4.79 Å². The lowest BCUT2D eigenvalue weighted by Gasteiger charge is -2.14. The molecule has 0 aliphatic heterocycles. The number of hydrogen-bond donors (Lipinski definition) is 2. The molecule has 1 atom stereocenters. The van der Waals surface area contributed by atoms with Crippen molar-refractivity contribution in [1.82, 2.24) is 19.9 Å². The molecule has 0 aromatic carbocycles. The van der Waals surface area contributed by atoms with E-state index in [0.717, 1.165) is 18.1 Å². The van der Waals surface area contributed by atoms with Crippen molar-refractivity contribution >= 4 is 5.91 Å². The normalized spacial score (nSPS) is 12.4. The molecule has 124 valence electrons. The minimum absolute atomic E-state index is 0.153. The van der Waals surface area contributed by atoms with E-state index in [1.165, 1.54) is 0 Å². The van der Waals surface area contributed by atoms with Crippen LogP contribution in [0, 0.1) is 12.8 Å². The molecule has 1 unspecified atom stereocenters. The molecule has 23 heavy (non-hydrogen) atoms. The van der Waals surface area contributed by atoms with E-state index in [1.807, 2.05) is 38.5 Å². The molecule has 0 radical (unpaired) electrons. The van der Waals surface area contributed by atoms with Crippen LogP contribution >= 0.6 is 0 Å². The van der Waals surface area contributed by atoms with E-state index in [4.69, 9.17) is 0 Å². The van der Waals surface area contributed by atoms with Crippen molar-refractivity contribution in [3.05, 3.63) is 52.0 Å². The summed E-state index contributed by atoms with van der Waals surface area (Å²) in [7, 11) is 0. The number of hydrogen-bond acceptors (Lipinski definition) is 3. The molecule has 1 amide bonds. The molecule has 0 aliphatic rings. The third-order valence-corrected chi connectivity index (χ3v) is 3.84. The largest absolute Gasteiger partial charge is 0.352 e. The van der Waals surface area contributed by atoms with Gasteiger partial charge in [-0.2, -0.15) is 0 Å². The first-order valence-electron chi connectivity index (χ1n) is 7.87. The maximum absolute atomic E-state index is 12.2. The van der Waals surface area contributed by atoms with Gasteiger partial charge in [-0.25, -0.2) is 4.98 Å². The van der Waals surface area contributed by atoms with Crippen molar-refractivity contribution in [3.63, 3.8) is 0 Å². The lowest BCUT2D eigenvalue weighted by atomic mass is 10.1. The van der Waals surface area contributed by atoms with Gasteiger partial charge >= 0.3 is 0 Å². The number of carbonyl (C=O) groups is 1. The first-order chi connectivity index (χ1) is 10.9. The van der Waals surface area contributed by atoms with Gasteiger partial charge in [-0.1, -0.05) is 20.8 Å². The van der Waals surface area contributed by atoms with Crippen LogP contribution in [0.3, 0.4) is 0 Å². The van der Waals surface area contributed by atoms with Gasteiger partial charge in [-0.05, 0) is 30.9 Å². The van der Waals surface area contributed by atoms with Crippen LogP contribution in [0.1, 0.15) is 48.6 Å². The summed E-state index contributed by atoms with van der Waals surface area (Å²) in [4.78, 5) is 31.1. The van der Waals surface area contributed by atoms with Crippen LogP contribution in [-0.4, -0.2) is 27.0 Å². The van der Waals surface area contributed by atoms with E-state index in [1.54, 1.807) is 18.3 Å². The molecule has 6 heteroatoms. The number of H-pyrrole nitrogens is 1. The quantitative estimate of drug-likeness (QED) is 0.856. The Labute approximate surface area is 136 Å². The predicted octanol–water partition coefficient (Wildman–Crippen LogP) is 2.07. The van der Waals surface area contributed by atoms with E-state index < -0.39 is 0 Å². The molecule has 2 heterocycles. The average molecular weight is 316 g/mol. The summed E-state index contributed by atoms with van der Waals surface area (Å²) < 4.78 is 2.04. The SMILES string of the molecule is Cc1nccn1CC(C)CNC(=O)c1ccc(C(C)C)[nH]c1=O. The zero-order valence-electron chi connectivity index (χ0n) is 14.1. The Morgan fingerprint density at radius 3 is 2.65 bits per heavy atom. The van der Waals surface area contributed by atoms with Crippen molar-refractivity contribution in [1.29, 1.82) is 0 Å². The maximum Gasteiger partial charge on any atom is 0.261 e. The maximum atomic E-state index is 12.2. The summed E-state index contributed by atoms with van der Waals surface area (Å²) in [6.45, 7) is 9.25. The molecular weight excluding hydrogens is 292 g/mol. The summed E-state index contributed by atoms with van der Waals surface area (Å²) in [5, 5.41) is 2.83. The third-order valence-electron chi connectivity index (χ3n) is 3.84. The fourth-order valence-electron chi connectivity index (χ4n) is 2.36. The summed E-state index contributed by atoms with van der Waals surface area (Å²) in [5.74, 6) is 1.07. The molecule has 0 spiro atoms. The lowest BCUT2D eigenvalue weighted by molar-refractivity contribution is 0.0945. The number of aromatic nitrogens is 3. The second-order valence-electron chi connectivity index (χ2n) is 6.25. The molecule has 2 N–H and O–H groups in total. The Morgan fingerprint density at radius 1 is 1.35 bits per heavy atom. The smallest absolute Gasteiger partial charge is 0.261 e. The molecule has 0 bridgehead atoms. The van der Waals surface area contributed by atoms with Gasteiger partial charge in [0.1, 0.15) is 11.4 Å². The summed E-state index contributed by atoms with van der Waals surface area (Å²) in [6.07, 6.45) is 3.68. The number of rotatable bonds is 6. The molecule has 2 aromatic rings. The van der Waals surface area contributed by atoms with Crippen LogP contribution in [0.15, 0.2) is 29.3 Å². The zero-order chi connectivity index (χ0) is 17.0. The number of aromatic amines is 1. The summed E-state index contributed by atoms with van der Waals surface area (Å²) in [6, 6.07) is 3.38. The first-order valence-corrected chi connectivity index (χ1v) is 7.87. The van der Waals surface area contributed by atoms with Gasteiger partial charge in [0, 0.05) is 31.2 Å². The number of imidazole rings is 1. The number of pyridine rings is 1. The van der Waals surface area contributed by atoms with Crippen LogP contribution < -0.4 is 10.9 Å². The Balaban J connectivity index is 1.94. The highest BCUT2D eigenvalue weighted by atomic mass is 16.2. The van der Waals surface area contributed by atoms with Gasteiger partial charge < -0.3 is 14.9 Å². The van der Waals surface area contributed by atoms with Gasteiger partial charge in [-0.3, -0.25) is 9.59 Å². The van der Waals surface area contributed by atoms with Gasteiger partial charge in [0.15, 0.2) is 0 Å². The van der Waals surface area contributed by atoms with Crippen LogP contribution in [0.4, 0.5) is 0 Å². The number of nitrogens with zero attached hydrogens (tertiary/aromatic N) is 2. The van der Waals surface area contributed by atoms with Crippen LogP contribution in [0.2, 0.25) is 0 Å². The molecule has 6 nitrogen and oxygen atoms in total. The van der Waals surface area contributed by atoms with Gasteiger partial charge in [0.05, 0.1) is 0 Å². The standard InChI is InChI=1S/C17H24N4O2/c1-11(2)15-6-5-14(17(23)20-15)16(22)19-9-12(3)10-21-8-7-18-13(21)4/h5-8,11-12H,9-10H2,1-4H3,(H,19,22)(H,20,23). The number of amides is 1. The topological polar surface area (TPSA) is 79.8 Å². The number of carbonyl (C=O) groups excluding carboxylic acids is 1. The van der Waals surface area contributed by atoms with E-state index in [2.05, 4.69) is 15.3 Å². The second kappa shape index (κ2) is 7.26. The number of aryl methyl sites for hydroxylation is 1. The van der Waals surface area contributed by atoms with Crippen LogP contribution in [0.5, 0.6) is 0 Å². The molecule has 2 rings (SSSR count). The molecule has 0 aliphatic carbocycles. The highest BCUT2D eigenvalue weighted by Gasteiger charge is 2.13. The van der Waals surface area contributed by atoms with Crippen LogP contribution in [0.25, 0.3) is 0 Å². The van der Waals surface area contributed by atoms with Gasteiger partial charge in [0.25, 0.3) is 11.5 Å². The Hall–Kier alpha value is -2.37. The van der Waals surface area contributed by atoms with E-state index >= 15 is 0 Å². The van der Waals surface area contributed by atoms with Crippen molar-refractivity contribution in [3.8, 4) is 0 Å².